The molecular formula is C29H41N5. The van der Waals surface area contributed by atoms with Crippen molar-refractivity contribution in [3.05, 3.63) is 54.6 Å². The summed E-state index contributed by atoms with van der Waals surface area (Å²) >= 11 is 0. The van der Waals surface area contributed by atoms with Crippen molar-refractivity contribution in [2.45, 2.75) is 45.2 Å². The highest BCUT2D eigenvalue weighted by molar-refractivity contribution is 5.86. The van der Waals surface area contributed by atoms with E-state index in [1.165, 1.54) is 79.8 Å². The lowest BCUT2D eigenvalue weighted by Gasteiger charge is -2.34. The third kappa shape index (κ3) is 5.65. The maximum Gasteiger partial charge on any atom is 0.0465 e. The van der Waals surface area contributed by atoms with Gasteiger partial charge >= 0.3 is 0 Å². The number of H-pyrrole nitrogens is 1. The maximum atomic E-state index is 3.86. The smallest absolute Gasteiger partial charge is 0.0465 e. The molecular weight excluding hydrogens is 418 g/mol. The summed E-state index contributed by atoms with van der Waals surface area (Å²) in [7, 11) is 0. The van der Waals surface area contributed by atoms with Gasteiger partial charge in [0.15, 0.2) is 0 Å². The molecule has 0 spiro atoms. The molecule has 5 heteroatoms. The molecule has 0 unspecified atom stereocenters. The number of nitrogens with one attached hydrogen (secondary N) is 2. The van der Waals surface area contributed by atoms with Crippen LogP contribution in [0.1, 0.15) is 33.1 Å². The molecule has 0 saturated carbocycles. The number of piperidine rings is 1. The first-order valence-electron chi connectivity index (χ1n) is 13.3. The zero-order valence-corrected chi connectivity index (χ0v) is 21.0. The molecule has 0 bridgehead atoms. The second kappa shape index (κ2) is 10.9. The molecule has 34 heavy (non-hydrogen) atoms. The zero-order chi connectivity index (χ0) is 23.3. The van der Waals surface area contributed by atoms with Gasteiger partial charge in [-0.25, -0.2) is 0 Å². The fraction of sp³-hybridized carbons (Fsp3) is 0.517. The Bertz CT molecular complexity index is 1020. The fourth-order valence-electron chi connectivity index (χ4n) is 5.60. The average Bonchev–Trinajstić information content (AvgIpc) is 3.16. The van der Waals surface area contributed by atoms with Crippen molar-refractivity contribution >= 4 is 16.6 Å². The SMILES string of the molecule is CC(C)N1CCCN(CCNC2CCN(c3cccc(-c4cc5ccccc5[nH]4)c3)CC2)CC1. The molecule has 1 aromatic heterocycles. The van der Waals surface area contributed by atoms with Crippen LogP contribution in [0.15, 0.2) is 54.6 Å². The normalized spacial score (nSPS) is 19.2. The van der Waals surface area contributed by atoms with Crippen LogP contribution in [0.5, 0.6) is 0 Å². The predicted octanol–water partition coefficient (Wildman–Crippen LogP) is 4.81. The Morgan fingerprint density at radius 3 is 2.59 bits per heavy atom. The first-order valence-corrected chi connectivity index (χ1v) is 13.3. The number of aromatic amines is 1. The van der Waals surface area contributed by atoms with Gasteiger partial charge in [0.1, 0.15) is 0 Å². The standard InChI is InChI=1S/C29H41N5/c1-23(2)33-15-6-14-32(19-20-33)18-13-30-26-11-16-34(17-12-26)27-9-5-8-24(21-27)29-22-25-7-3-4-10-28(25)31-29/h3-5,7-10,21-23,26,30-31H,6,11-20H2,1-2H3. The van der Waals surface area contributed by atoms with Crippen molar-refractivity contribution in [3.63, 3.8) is 0 Å². The minimum atomic E-state index is 0.646. The summed E-state index contributed by atoms with van der Waals surface area (Å²) in [6, 6.07) is 21.1. The van der Waals surface area contributed by atoms with Gasteiger partial charge in [0.2, 0.25) is 0 Å². The number of rotatable bonds is 7. The van der Waals surface area contributed by atoms with E-state index in [0.29, 0.717) is 12.1 Å². The van der Waals surface area contributed by atoms with E-state index in [1.54, 1.807) is 0 Å². The third-order valence-corrected chi connectivity index (χ3v) is 7.76. The minimum Gasteiger partial charge on any atom is -0.371 e. The average molecular weight is 460 g/mol. The number of hydrogen-bond acceptors (Lipinski definition) is 4. The summed E-state index contributed by atoms with van der Waals surface area (Å²) in [5.41, 5.74) is 5.01. The van der Waals surface area contributed by atoms with Gasteiger partial charge in [-0.3, -0.25) is 4.90 Å². The Morgan fingerprint density at radius 1 is 0.912 bits per heavy atom. The summed E-state index contributed by atoms with van der Waals surface area (Å²) in [6.07, 6.45) is 3.74. The van der Waals surface area contributed by atoms with Crippen LogP contribution in [0.2, 0.25) is 0 Å². The molecule has 182 valence electrons. The quantitative estimate of drug-likeness (QED) is 0.532. The molecule has 2 aliphatic heterocycles. The molecule has 2 aliphatic rings. The van der Waals surface area contributed by atoms with Gasteiger partial charge in [-0.05, 0) is 76.0 Å². The molecule has 2 saturated heterocycles. The summed E-state index contributed by atoms with van der Waals surface area (Å²) < 4.78 is 0. The molecule has 2 aromatic carbocycles. The zero-order valence-electron chi connectivity index (χ0n) is 21.0. The summed E-state index contributed by atoms with van der Waals surface area (Å²) in [5, 5.41) is 5.13. The van der Waals surface area contributed by atoms with E-state index in [4.69, 9.17) is 0 Å². The third-order valence-electron chi connectivity index (χ3n) is 7.76. The van der Waals surface area contributed by atoms with Crippen molar-refractivity contribution in [1.82, 2.24) is 20.1 Å². The fourth-order valence-corrected chi connectivity index (χ4v) is 5.60. The Balaban J connectivity index is 1.09. The highest BCUT2D eigenvalue weighted by Crippen LogP contribution is 2.28. The number of nitrogens with zero attached hydrogens (tertiary/aromatic N) is 3. The Hall–Kier alpha value is -2.34. The van der Waals surface area contributed by atoms with E-state index >= 15 is 0 Å². The molecule has 2 fully saturated rings. The molecule has 3 aromatic rings. The number of benzene rings is 2. The highest BCUT2D eigenvalue weighted by Gasteiger charge is 2.21. The van der Waals surface area contributed by atoms with Crippen molar-refractivity contribution in [2.24, 2.45) is 0 Å². The lowest BCUT2D eigenvalue weighted by Crippen LogP contribution is -2.45. The van der Waals surface area contributed by atoms with Crippen LogP contribution in [-0.2, 0) is 0 Å². The summed E-state index contributed by atoms with van der Waals surface area (Å²) in [6.45, 7) is 14.1. The largest absolute Gasteiger partial charge is 0.371 e. The lowest BCUT2D eigenvalue weighted by molar-refractivity contribution is 0.219. The second-order valence-electron chi connectivity index (χ2n) is 10.4. The Labute approximate surface area is 205 Å². The van der Waals surface area contributed by atoms with Gasteiger partial charge in [0.25, 0.3) is 0 Å². The monoisotopic (exact) mass is 459 g/mol. The topological polar surface area (TPSA) is 37.5 Å². The van der Waals surface area contributed by atoms with Crippen molar-refractivity contribution in [3.8, 4) is 11.3 Å². The van der Waals surface area contributed by atoms with E-state index in [-0.39, 0.29) is 0 Å². The number of aromatic nitrogens is 1. The molecule has 2 N–H and O–H groups in total. The van der Waals surface area contributed by atoms with E-state index in [0.717, 1.165) is 19.6 Å². The van der Waals surface area contributed by atoms with Crippen LogP contribution < -0.4 is 10.2 Å². The van der Waals surface area contributed by atoms with Gasteiger partial charge in [0.05, 0.1) is 0 Å². The van der Waals surface area contributed by atoms with Crippen LogP contribution in [0.25, 0.3) is 22.2 Å². The molecule has 0 radical (unpaired) electrons. The van der Waals surface area contributed by atoms with E-state index in [1.807, 2.05) is 0 Å². The predicted molar refractivity (Wildman–Crippen MR) is 145 cm³/mol. The molecule has 3 heterocycles. The number of fused-ring (bicyclic) bond motifs is 1. The van der Waals surface area contributed by atoms with Gasteiger partial charge in [-0.2, -0.15) is 0 Å². The summed E-state index contributed by atoms with van der Waals surface area (Å²) in [5.74, 6) is 0. The van der Waals surface area contributed by atoms with E-state index in [2.05, 4.69) is 93.4 Å². The first-order chi connectivity index (χ1) is 16.7. The van der Waals surface area contributed by atoms with E-state index < -0.39 is 0 Å². The highest BCUT2D eigenvalue weighted by atomic mass is 15.2. The van der Waals surface area contributed by atoms with Crippen molar-refractivity contribution < 1.29 is 0 Å². The maximum absolute atomic E-state index is 3.86. The first kappa shape index (κ1) is 23.4. The van der Waals surface area contributed by atoms with Crippen LogP contribution in [0.3, 0.4) is 0 Å². The van der Waals surface area contributed by atoms with Crippen LogP contribution in [0.4, 0.5) is 5.69 Å². The van der Waals surface area contributed by atoms with Crippen molar-refractivity contribution in [1.29, 1.82) is 0 Å². The van der Waals surface area contributed by atoms with Gasteiger partial charge in [0, 0.05) is 73.6 Å². The second-order valence-corrected chi connectivity index (χ2v) is 10.4. The molecule has 5 rings (SSSR count). The van der Waals surface area contributed by atoms with Crippen LogP contribution >= 0.6 is 0 Å². The van der Waals surface area contributed by atoms with Gasteiger partial charge in [-0.15, -0.1) is 0 Å². The molecule has 0 aliphatic carbocycles. The molecule has 5 nitrogen and oxygen atoms in total. The Morgan fingerprint density at radius 2 is 1.76 bits per heavy atom. The molecule has 0 amide bonds. The molecule has 0 atom stereocenters. The van der Waals surface area contributed by atoms with Gasteiger partial charge in [-0.1, -0.05) is 30.3 Å². The number of hydrogen-bond donors (Lipinski definition) is 2. The lowest BCUT2D eigenvalue weighted by atomic mass is 10.0. The van der Waals surface area contributed by atoms with Crippen molar-refractivity contribution in [2.75, 3.05) is 57.3 Å². The summed E-state index contributed by atoms with van der Waals surface area (Å²) in [4.78, 5) is 11.4. The number of anilines is 1. The van der Waals surface area contributed by atoms with Crippen LogP contribution in [-0.4, -0.2) is 79.2 Å². The number of para-hydroxylation sites is 1. The van der Waals surface area contributed by atoms with Crippen LogP contribution in [0, 0.1) is 0 Å². The van der Waals surface area contributed by atoms with Gasteiger partial charge < -0.3 is 20.1 Å². The minimum absolute atomic E-state index is 0.646. The van der Waals surface area contributed by atoms with E-state index in [9.17, 15) is 0 Å². The Kier molecular flexibility index (Phi) is 7.53.